The fourth-order valence-electron chi connectivity index (χ4n) is 1.44. The zero-order chi connectivity index (χ0) is 12.6. The van der Waals surface area contributed by atoms with Crippen molar-refractivity contribution < 1.29 is 4.39 Å². The molecular weight excluding hydrogens is 390 g/mol. The second kappa shape index (κ2) is 5.39. The fourth-order valence-corrected chi connectivity index (χ4v) is 3.59. The molecule has 0 amide bonds. The van der Waals surface area contributed by atoms with Crippen LogP contribution < -0.4 is 0 Å². The molecule has 2 aromatic rings. The van der Waals surface area contributed by atoms with Crippen LogP contribution in [0.25, 0.3) is 0 Å². The van der Waals surface area contributed by atoms with Crippen molar-refractivity contribution in [1.82, 2.24) is 0 Å². The highest BCUT2D eigenvalue weighted by Crippen LogP contribution is 2.38. The van der Waals surface area contributed by atoms with Crippen molar-refractivity contribution in [3.8, 4) is 0 Å². The van der Waals surface area contributed by atoms with E-state index in [-0.39, 0.29) is 11.2 Å². The molecule has 5 heteroatoms. The van der Waals surface area contributed by atoms with E-state index in [9.17, 15) is 4.39 Å². The quantitative estimate of drug-likeness (QED) is 0.540. The van der Waals surface area contributed by atoms with Gasteiger partial charge in [-0.05, 0) is 62.5 Å². The first-order chi connectivity index (χ1) is 7.99. The van der Waals surface area contributed by atoms with Gasteiger partial charge in [0.15, 0.2) is 0 Å². The van der Waals surface area contributed by atoms with Gasteiger partial charge in [-0.15, -0.1) is 22.9 Å². The molecule has 0 fully saturated rings. The molecule has 1 heterocycles. The first-order valence-electron chi connectivity index (χ1n) is 4.84. The molecule has 0 bridgehead atoms. The Morgan fingerprint density at radius 1 is 1.24 bits per heavy atom. The summed E-state index contributed by atoms with van der Waals surface area (Å²) in [4.78, 5) is 2.18. The Morgan fingerprint density at radius 3 is 2.47 bits per heavy atom. The second-order valence-electron chi connectivity index (χ2n) is 3.59. The van der Waals surface area contributed by atoms with Crippen LogP contribution in [0.3, 0.4) is 0 Å². The van der Waals surface area contributed by atoms with Gasteiger partial charge < -0.3 is 0 Å². The van der Waals surface area contributed by atoms with Gasteiger partial charge in [-0.3, -0.25) is 0 Å². The highest BCUT2D eigenvalue weighted by Gasteiger charge is 2.16. The van der Waals surface area contributed by atoms with Gasteiger partial charge in [-0.2, -0.15) is 0 Å². The zero-order valence-electron chi connectivity index (χ0n) is 8.81. The normalized spacial score (nSPS) is 12.8. The van der Waals surface area contributed by atoms with Crippen molar-refractivity contribution >= 4 is 54.8 Å². The minimum Gasteiger partial charge on any atom is -0.206 e. The van der Waals surface area contributed by atoms with Crippen molar-refractivity contribution in [3.05, 3.63) is 54.3 Å². The van der Waals surface area contributed by atoms with E-state index in [2.05, 4.69) is 31.9 Å². The van der Waals surface area contributed by atoms with Crippen LogP contribution in [0.2, 0.25) is 0 Å². The van der Waals surface area contributed by atoms with Crippen molar-refractivity contribution in [1.29, 1.82) is 0 Å². The first-order valence-corrected chi connectivity index (χ1v) is 7.68. The molecule has 0 aliphatic carbocycles. The molecule has 0 N–H and O–H groups in total. The second-order valence-corrected chi connectivity index (χ2v) is 7.02. The third-order valence-corrected chi connectivity index (χ3v) is 5.82. The zero-order valence-corrected chi connectivity index (χ0v) is 13.6. The number of rotatable bonds is 2. The molecule has 17 heavy (non-hydrogen) atoms. The van der Waals surface area contributed by atoms with Crippen LogP contribution in [0.1, 0.15) is 20.7 Å². The Morgan fingerprint density at radius 2 is 1.94 bits per heavy atom. The fraction of sp³-hybridized carbons (Fsp3) is 0.167. The Labute approximate surface area is 125 Å². The van der Waals surface area contributed by atoms with Crippen LogP contribution in [-0.4, -0.2) is 0 Å². The van der Waals surface area contributed by atoms with E-state index in [0.29, 0.717) is 4.47 Å². The summed E-state index contributed by atoms with van der Waals surface area (Å²) >= 11 is 14.5. The molecule has 2 rings (SSSR count). The smallest absolute Gasteiger partial charge is 0.137 e. The lowest BCUT2D eigenvalue weighted by Crippen LogP contribution is -1.91. The highest BCUT2D eigenvalue weighted by molar-refractivity contribution is 9.10. The number of thiophene rings is 1. The Bertz CT molecular complexity index is 534. The molecule has 1 aromatic heterocycles. The third kappa shape index (κ3) is 2.92. The average Bonchev–Trinajstić information content (AvgIpc) is 2.62. The number of hydrogen-bond acceptors (Lipinski definition) is 1. The van der Waals surface area contributed by atoms with E-state index in [0.717, 1.165) is 14.9 Å². The van der Waals surface area contributed by atoms with Crippen LogP contribution in [0.15, 0.2) is 33.2 Å². The Balaban J connectivity index is 2.36. The van der Waals surface area contributed by atoms with Crippen molar-refractivity contribution in [3.63, 3.8) is 0 Å². The topological polar surface area (TPSA) is 0 Å². The van der Waals surface area contributed by atoms with E-state index in [1.807, 2.05) is 19.1 Å². The molecule has 0 nitrogen and oxygen atoms in total. The molecule has 0 saturated carbocycles. The van der Waals surface area contributed by atoms with Crippen LogP contribution >= 0.6 is 54.8 Å². The SMILES string of the molecule is Cc1sc(C(Cl)c2ccc(Br)c(F)c2)cc1Br. The van der Waals surface area contributed by atoms with E-state index in [4.69, 9.17) is 11.6 Å². The summed E-state index contributed by atoms with van der Waals surface area (Å²) in [7, 11) is 0. The monoisotopic (exact) mass is 396 g/mol. The summed E-state index contributed by atoms with van der Waals surface area (Å²) in [5.74, 6) is -0.291. The maximum atomic E-state index is 13.4. The van der Waals surface area contributed by atoms with E-state index < -0.39 is 0 Å². The predicted octanol–water partition coefficient (Wildman–Crippen LogP) is 6.05. The number of aryl methyl sites for hydroxylation is 1. The molecule has 1 aromatic carbocycles. The van der Waals surface area contributed by atoms with E-state index in [1.54, 1.807) is 17.4 Å². The van der Waals surface area contributed by atoms with Crippen molar-refractivity contribution in [2.24, 2.45) is 0 Å². The number of benzene rings is 1. The lowest BCUT2D eigenvalue weighted by Gasteiger charge is -2.08. The number of halogens is 4. The minimum atomic E-state index is -0.312. The summed E-state index contributed by atoms with van der Waals surface area (Å²) in [5.41, 5.74) is 0.765. The van der Waals surface area contributed by atoms with Gasteiger partial charge in [-0.25, -0.2) is 4.39 Å². The third-order valence-electron chi connectivity index (χ3n) is 2.36. The van der Waals surface area contributed by atoms with Gasteiger partial charge in [0.1, 0.15) is 5.82 Å². The summed E-state index contributed by atoms with van der Waals surface area (Å²) in [5, 5.41) is -0.312. The van der Waals surface area contributed by atoms with E-state index >= 15 is 0 Å². The summed E-state index contributed by atoms with van der Waals surface area (Å²) in [6.07, 6.45) is 0. The molecule has 1 unspecified atom stereocenters. The van der Waals surface area contributed by atoms with Crippen molar-refractivity contribution in [2.45, 2.75) is 12.3 Å². The average molecular weight is 399 g/mol. The molecule has 0 saturated heterocycles. The lowest BCUT2D eigenvalue weighted by molar-refractivity contribution is 0.619. The van der Waals surface area contributed by atoms with Gasteiger partial charge in [0.05, 0.1) is 9.85 Å². The van der Waals surface area contributed by atoms with Crippen LogP contribution in [-0.2, 0) is 0 Å². The molecule has 90 valence electrons. The van der Waals surface area contributed by atoms with Gasteiger partial charge >= 0.3 is 0 Å². The Kier molecular flexibility index (Phi) is 4.29. The molecule has 0 radical (unpaired) electrons. The van der Waals surface area contributed by atoms with Crippen molar-refractivity contribution in [2.75, 3.05) is 0 Å². The number of alkyl halides is 1. The standard InChI is InChI=1S/C12H8Br2ClFS/c1-6-9(14)5-11(17-6)12(15)7-2-3-8(13)10(16)4-7/h2-5,12H,1H3. The molecule has 0 aliphatic rings. The maximum absolute atomic E-state index is 13.4. The van der Waals surface area contributed by atoms with E-state index in [1.165, 1.54) is 10.9 Å². The predicted molar refractivity (Wildman–Crippen MR) is 78.6 cm³/mol. The molecule has 1 atom stereocenters. The molecule has 0 aliphatic heterocycles. The van der Waals surface area contributed by atoms with Gasteiger partial charge in [0, 0.05) is 14.2 Å². The number of hydrogen-bond donors (Lipinski definition) is 0. The first kappa shape index (κ1) is 13.5. The largest absolute Gasteiger partial charge is 0.206 e. The van der Waals surface area contributed by atoms with Gasteiger partial charge in [0.25, 0.3) is 0 Å². The minimum absolute atomic E-state index is 0.291. The lowest BCUT2D eigenvalue weighted by atomic mass is 10.1. The van der Waals surface area contributed by atoms with Gasteiger partial charge in [-0.1, -0.05) is 6.07 Å². The maximum Gasteiger partial charge on any atom is 0.137 e. The summed E-state index contributed by atoms with van der Waals surface area (Å²) in [6.45, 7) is 2.02. The van der Waals surface area contributed by atoms with Crippen LogP contribution in [0, 0.1) is 12.7 Å². The molecule has 0 spiro atoms. The Hall–Kier alpha value is 0.1000. The highest BCUT2D eigenvalue weighted by atomic mass is 79.9. The van der Waals surface area contributed by atoms with Gasteiger partial charge in [0.2, 0.25) is 0 Å². The summed E-state index contributed by atoms with van der Waals surface area (Å²) in [6, 6.07) is 6.95. The summed E-state index contributed by atoms with van der Waals surface area (Å²) < 4.78 is 14.9. The van der Waals surface area contributed by atoms with Crippen LogP contribution in [0.4, 0.5) is 4.39 Å². The van der Waals surface area contributed by atoms with Crippen LogP contribution in [0.5, 0.6) is 0 Å². The molecular formula is C12H8Br2ClFS.